The van der Waals surface area contributed by atoms with Crippen LogP contribution >= 0.6 is 0 Å². The van der Waals surface area contributed by atoms with Crippen LogP contribution in [0.2, 0.25) is 0 Å². The van der Waals surface area contributed by atoms with Crippen molar-refractivity contribution >= 4 is 5.97 Å². The van der Waals surface area contributed by atoms with Crippen LogP contribution in [0.5, 0.6) is 11.5 Å². The zero-order chi connectivity index (χ0) is 12.8. The molecule has 0 bridgehead atoms. The van der Waals surface area contributed by atoms with Crippen molar-refractivity contribution in [1.82, 2.24) is 0 Å². The lowest BCUT2D eigenvalue weighted by Gasteiger charge is -2.17. The zero-order valence-electron chi connectivity index (χ0n) is 9.58. The molecule has 17 heavy (non-hydrogen) atoms. The largest absolute Gasteiger partial charge is 0.504 e. The summed E-state index contributed by atoms with van der Waals surface area (Å²) in [5.74, 6) is -2.37. The molecular formula is C12H13FO4. The Balaban J connectivity index is 2.66. The van der Waals surface area contributed by atoms with E-state index in [2.05, 4.69) is 0 Å². The number of aliphatic carboxylic acids is 1. The molecule has 1 aromatic rings. The fourth-order valence-corrected chi connectivity index (χ4v) is 2.24. The van der Waals surface area contributed by atoms with Crippen LogP contribution in [0.15, 0.2) is 6.07 Å². The fraction of sp³-hybridized carbons (Fsp3) is 0.417. The van der Waals surface area contributed by atoms with Crippen molar-refractivity contribution in [3.63, 3.8) is 0 Å². The van der Waals surface area contributed by atoms with E-state index in [0.29, 0.717) is 18.4 Å². The molecule has 0 spiro atoms. The van der Waals surface area contributed by atoms with Gasteiger partial charge < -0.3 is 14.9 Å². The SMILES string of the molecule is COc1c(F)cc(C)c(C2(C(=O)O)CC2)c1O. The highest BCUT2D eigenvalue weighted by Crippen LogP contribution is 2.54. The van der Waals surface area contributed by atoms with Gasteiger partial charge in [-0.05, 0) is 31.4 Å². The maximum Gasteiger partial charge on any atom is 0.314 e. The molecule has 0 heterocycles. The van der Waals surface area contributed by atoms with Crippen molar-refractivity contribution < 1.29 is 24.1 Å². The van der Waals surface area contributed by atoms with Gasteiger partial charge in [-0.3, -0.25) is 4.79 Å². The van der Waals surface area contributed by atoms with Crippen molar-refractivity contribution in [2.75, 3.05) is 7.11 Å². The number of benzene rings is 1. The smallest absolute Gasteiger partial charge is 0.314 e. The van der Waals surface area contributed by atoms with Crippen molar-refractivity contribution in [3.05, 3.63) is 23.0 Å². The van der Waals surface area contributed by atoms with Crippen LogP contribution in [0, 0.1) is 12.7 Å². The van der Waals surface area contributed by atoms with E-state index < -0.39 is 23.0 Å². The molecule has 1 aromatic carbocycles. The molecule has 1 saturated carbocycles. The Kier molecular flexibility index (Phi) is 2.49. The highest BCUT2D eigenvalue weighted by molar-refractivity contribution is 5.87. The summed E-state index contributed by atoms with van der Waals surface area (Å²) in [5, 5.41) is 19.1. The first-order valence-electron chi connectivity index (χ1n) is 5.24. The van der Waals surface area contributed by atoms with Crippen molar-refractivity contribution in [1.29, 1.82) is 0 Å². The summed E-state index contributed by atoms with van der Waals surface area (Å²) in [6, 6.07) is 1.19. The van der Waals surface area contributed by atoms with Gasteiger partial charge in [-0.1, -0.05) is 0 Å². The number of hydrogen-bond acceptors (Lipinski definition) is 3. The number of carbonyl (C=O) groups is 1. The number of phenols is 1. The molecule has 0 saturated heterocycles. The summed E-state index contributed by atoms with van der Waals surface area (Å²) in [5.41, 5.74) is -0.376. The van der Waals surface area contributed by atoms with E-state index in [-0.39, 0.29) is 11.3 Å². The standard InChI is InChI=1S/C12H13FO4/c1-6-5-7(13)10(17-2)9(14)8(6)12(3-4-12)11(15)16/h5,14H,3-4H2,1-2H3,(H,15,16). The van der Waals surface area contributed by atoms with E-state index in [9.17, 15) is 19.4 Å². The second-order valence-electron chi connectivity index (χ2n) is 4.32. The van der Waals surface area contributed by atoms with E-state index in [1.807, 2.05) is 0 Å². The molecule has 1 aliphatic rings. The topological polar surface area (TPSA) is 66.8 Å². The number of carboxylic acid groups (broad SMARTS) is 1. The molecule has 0 amide bonds. The molecule has 1 fully saturated rings. The quantitative estimate of drug-likeness (QED) is 0.847. The molecule has 5 heteroatoms. The highest BCUT2D eigenvalue weighted by atomic mass is 19.1. The Morgan fingerprint density at radius 2 is 2.12 bits per heavy atom. The third kappa shape index (κ3) is 1.53. The minimum absolute atomic E-state index is 0.267. The second-order valence-corrected chi connectivity index (χ2v) is 4.32. The Labute approximate surface area is 97.6 Å². The number of phenolic OH excluding ortho intramolecular Hbond substituents is 1. The van der Waals surface area contributed by atoms with Crippen LogP contribution in [-0.2, 0) is 10.2 Å². The highest BCUT2D eigenvalue weighted by Gasteiger charge is 2.54. The van der Waals surface area contributed by atoms with E-state index in [0.717, 1.165) is 0 Å². The first-order chi connectivity index (χ1) is 7.94. The third-order valence-electron chi connectivity index (χ3n) is 3.25. The Morgan fingerprint density at radius 3 is 2.53 bits per heavy atom. The number of halogens is 1. The number of aryl methyl sites for hydroxylation is 1. The summed E-state index contributed by atoms with van der Waals surface area (Å²) in [4.78, 5) is 11.2. The molecule has 92 valence electrons. The van der Waals surface area contributed by atoms with Crippen LogP contribution in [0.4, 0.5) is 4.39 Å². The van der Waals surface area contributed by atoms with Gasteiger partial charge >= 0.3 is 5.97 Å². The number of methoxy groups -OCH3 is 1. The molecule has 2 N–H and O–H groups in total. The second kappa shape index (κ2) is 3.61. The van der Waals surface area contributed by atoms with Gasteiger partial charge in [0.1, 0.15) is 0 Å². The summed E-state index contributed by atoms with van der Waals surface area (Å²) in [7, 11) is 1.23. The molecule has 0 atom stereocenters. The van der Waals surface area contributed by atoms with Gasteiger partial charge in [0.25, 0.3) is 0 Å². The Bertz CT molecular complexity index is 492. The Hall–Kier alpha value is -1.78. The van der Waals surface area contributed by atoms with Gasteiger partial charge in [0.15, 0.2) is 17.3 Å². The van der Waals surface area contributed by atoms with E-state index >= 15 is 0 Å². The molecule has 0 aromatic heterocycles. The summed E-state index contributed by atoms with van der Waals surface area (Å²) >= 11 is 0. The van der Waals surface area contributed by atoms with Crippen LogP contribution in [0.3, 0.4) is 0 Å². The molecule has 0 unspecified atom stereocenters. The van der Waals surface area contributed by atoms with Crippen LogP contribution in [-0.4, -0.2) is 23.3 Å². The Morgan fingerprint density at radius 1 is 1.53 bits per heavy atom. The van der Waals surface area contributed by atoms with Gasteiger partial charge in [0.05, 0.1) is 12.5 Å². The van der Waals surface area contributed by atoms with Gasteiger partial charge in [0, 0.05) is 5.56 Å². The first-order valence-corrected chi connectivity index (χ1v) is 5.24. The van der Waals surface area contributed by atoms with Crippen LogP contribution in [0.1, 0.15) is 24.0 Å². The van der Waals surface area contributed by atoms with E-state index in [1.165, 1.54) is 13.2 Å². The van der Waals surface area contributed by atoms with Gasteiger partial charge in [-0.2, -0.15) is 0 Å². The number of hydrogen-bond donors (Lipinski definition) is 2. The van der Waals surface area contributed by atoms with Crippen molar-refractivity contribution in [3.8, 4) is 11.5 Å². The first kappa shape index (κ1) is 11.7. The molecule has 2 rings (SSSR count). The molecule has 0 radical (unpaired) electrons. The minimum Gasteiger partial charge on any atom is -0.504 e. The molecule has 1 aliphatic carbocycles. The number of aromatic hydroxyl groups is 1. The summed E-state index contributed by atoms with van der Waals surface area (Å²) in [6.45, 7) is 1.58. The van der Waals surface area contributed by atoms with Crippen LogP contribution in [0.25, 0.3) is 0 Å². The average Bonchev–Trinajstić information content (AvgIpc) is 2.98. The summed E-state index contributed by atoms with van der Waals surface area (Å²) in [6.07, 6.45) is 0.900. The summed E-state index contributed by atoms with van der Waals surface area (Å²) < 4.78 is 18.2. The fourth-order valence-electron chi connectivity index (χ4n) is 2.24. The lowest BCUT2D eigenvalue weighted by Crippen LogP contribution is -2.21. The molecule has 4 nitrogen and oxygen atoms in total. The van der Waals surface area contributed by atoms with Crippen LogP contribution < -0.4 is 4.74 Å². The maximum absolute atomic E-state index is 13.5. The van der Waals surface area contributed by atoms with E-state index in [1.54, 1.807) is 6.92 Å². The van der Waals surface area contributed by atoms with Crippen molar-refractivity contribution in [2.24, 2.45) is 0 Å². The normalized spacial score (nSPS) is 16.6. The number of rotatable bonds is 3. The van der Waals surface area contributed by atoms with Crippen molar-refractivity contribution in [2.45, 2.75) is 25.2 Å². The van der Waals surface area contributed by atoms with Gasteiger partial charge in [-0.25, -0.2) is 4.39 Å². The number of ether oxygens (including phenoxy) is 1. The van der Waals surface area contributed by atoms with E-state index in [4.69, 9.17) is 4.74 Å². The average molecular weight is 240 g/mol. The van der Waals surface area contributed by atoms with Gasteiger partial charge in [0.2, 0.25) is 0 Å². The molecule has 0 aliphatic heterocycles. The predicted octanol–water partition coefficient (Wildman–Crippen LogP) is 1.96. The monoisotopic (exact) mass is 240 g/mol. The number of carboxylic acids is 1. The predicted molar refractivity (Wildman–Crippen MR) is 57.9 cm³/mol. The molecular weight excluding hydrogens is 227 g/mol. The zero-order valence-corrected chi connectivity index (χ0v) is 9.58. The minimum atomic E-state index is -1.07. The third-order valence-corrected chi connectivity index (χ3v) is 3.25. The van der Waals surface area contributed by atoms with Gasteiger partial charge in [-0.15, -0.1) is 0 Å². The maximum atomic E-state index is 13.5. The lowest BCUT2D eigenvalue weighted by molar-refractivity contribution is -0.140. The lowest BCUT2D eigenvalue weighted by atomic mass is 9.90.